The topological polar surface area (TPSA) is 21.3 Å². The van der Waals surface area contributed by atoms with Crippen molar-refractivity contribution in [3.05, 3.63) is 12.2 Å². The molecule has 112 valence electrons. The van der Waals surface area contributed by atoms with Gasteiger partial charge in [-0.3, -0.25) is 0 Å². The zero-order chi connectivity index (χ0) is 14.1. The van der Waals surface area contributed by atoms with Crippen LogP contribution in [0, 0.1) is 11.8 Å². The Bertz CT molecular complexity index is 254. The van der Waals surface area contributed by atoms with Gasteiger partial charge in [-0.05, 0) is 71.3 Å². The Morgan fingerprint density at radius 2 is 1.84 bits per heavy atom. The van der Waals surface area contributed by atoms with Crippen molar-refractivity contribution in [2.45, 2.75) is 65.3 Å². The first-order valence-electron chi connectivity index (χ1n) is 7.97. The summed E-state index contributed by atoms with van der Waals surface area (Å²) in [4.78, 5) is 0. The van der Waals surface area contributed by atoms with Gasteiger partial charge >= 0.3 is 0 Å². The maximum atomic E-state index is 5.84. The minimum Gasteiger partial charge on any atom is -0.381 e. The molecule has 19 heavy (non-hydrogen) atoms. The molecule has 0 heterocycles. The van der Waals surface area contributed by atoms with Crippen molar-refractivity contribution >= 4 is 0 Å². The lowest BCUT2D eigenvalue weighted by atomic mass is 9.85. The predicted octanol–water partition coefficient (Wildman–Crippen LogP) is 4.16. The second kappa shape index (κ2) is 8.76. The molecule has 2 heteroatoms. The monoisotopic (exact) mass is 267 g/mol. The van der Waals surface area contributed by atoms with Gasteiger partial charge < -0.3 is 10.1 Å². The molecule has 0 radical (unpaired) electrons. The lowest BCUT2D eigenvalue weighted by molar-refractivity contribution is 0.0765. The highest BCUT2D eigenvalue weighted by Crippen LogP contribution is 2.25. The predicted molar refractivity (Wildman–Crippen MR) is 83.5 cm³/mol. The molecule has 1 rings (SSSR count). The fourth-order valence-electron chi connectivity index (χ4n) is 2.44. The molecular formula is C17H33NO. The summed E-state index contributed by atoms with van der Waals surface area (Å²) in [6.45, 7) is 12.0. The number of hydrogen-bond acceptors (Lipinski definition) is 2. The van der Waals surface area contributed by atoms with Gasteiger partial charge in [-0.1, -0.05) is 19.1 Å². The van der Waals surface area contributed by atoms with E-state index in [-0.39, 0.29) is 5.54 Å². The first-order valence-corrected chi connectivity index (χ1v) is 7.97. The van der Waals surface area contributed by atoms with E-state index >= 15 is 0 Å². The first kappa shape index (κ1) is 16.7. The van der Waals surface area contributed by atoms with Crippen LogP contribution in [0.3, 0.4) is 0 Å². The zero-order valence-corrected chi connectivity index (χ0v) is 13.4. The van der Waals surface area contributed by atoms with Crippen molar-refractivity contribution in [3.63, 3.8) is 0 Å². The smallest absolute Gasteiger partial charge is 0.0499 e. The van der Waals surface area contributed by atoms with Crippen LogP contribution < -0.4 is 5.32 Å². The van der Waals surface area contributed by atoms with E-state index < -0.39 is 0 Å². The molecule has 0 aromatic heterocycles. The summed E-state index contributed by atoms with van der Waals surface area (Å²) in [6.07, 6.45) is 10.8. The summed E-state index contributed by atoms with van der Waals surface area (Å²) in [6, 6.07) is 0. The van der Waals surface area contributed by atoms with Gasteiger partial charge in [0.1, 0.15) is 0 Å². The molecule has 0 bridgehead atoms. The Kier molecular flexibility index (Phi) is 7.70. The van der Waals surface area contributed by atoms with Crippen LogP contribution >= 0.6 is 0 Å². The number of hydrogen-bond donors (Lipinski definition) is 1. The van der Waals surface area contributed by atoms with Crippen LogP contribution in [0.25, 0.3) is 0 Å². The molecule has 1 aliphatic rings. The van der Waals surface area contributed by atoms with Crippen LogP contribution in [0.15, 0.2) is 12.2 Å². The molecule has 0 saturated carbocycles. The van der Waals surface area contributed by atoms with Crippen LogP contribution in [0.2, 0.25) is 0 Å². The van der Waals surface area contributed by atoms with Crippen molar-refractivity contribution < 1.29 is 4.74 Å². The highest BCUT2D eigenvalue weighted by molar-refractivity contribution is 4.93. The first-order chi connectivity index (χ1) is 8.99. The number of ether oxygens (including phenoxy) is 1. The van der Waals surface area contributed by atoms with Crippen molar-refractivity contribution in [2.24, 2.45) is 11.8 Å². The Labute approximate surface area is 120 Å². The third-order valence-electron chi connectivity index (χ3n) is 3.87. The van der Waals surface area contributed by atoms with E-state index in [2.05, 4.69) is 45.2 Å². The van der Waals surface area contributed by atoms with Crippen molar-refractivity contribution in [3.8, 4) is 0 Å². The average Bonchev–Trinajstić information content (AvgIpc) is 2.33. The summed E-state index contributed by atoms with van der Waals surface area (Å²) in [7, 11) is 0. The minimum atomic E-state index is 0.251. The highest BCUT2D eigenvalue weighted by atomic mass is 16.5. The summed E-state index contributed by atoms with van der Waals surface area (Å²) < 4.78 is 5.84. The van der Waals surface area contributed by atoms with Crippen molar-refractivity contribution in [1.29, 1.82) is 0 Å². The summed E-state index contributed by atoms with van der Waals surface area (Å²) in [5.41, 5.74) is 0.251. The van der Waals surface area contributed by atoms with E-state index in [1.54, 1.807) is 0 Å². The van der Waals surface area contributed by atoms with Crippen molar-refractivity contribution in [2.75, 3.05) is 19.8 Å². The molecule has 1 N–H and O–H groups in total. The van der Waals surface area contributed by atoms with Crippen molar-refractivity contribution in [1.82, 2.24) is 5.32 Å². The number of allylic oxidation sites excluding steroid dienone is 2. The zero-order valence-electron chi connectivity index (χ0n) is 13.4. The Hall–Kier alpha value is -0.340. The van der Waals surface area contributed by atoms with Gasteiger partial charge in [0.25, 0.3) is 0 Å². The van der Waals surface area contributed by atoms with Gasteiger partial charge in [0.2, 0.25) is 0 Å². The van der Waals surface area contributed by atoms with Crippen LogP contribution in [-0.2, 0) is 4.74 Å². The van der Waals surface area contributed by atoms with Crippen LogP contribution in [0.5, 0.6) is 0 Å². The van der Waals surface area contributed by atoms with Crippen LogP contribution in [-0.4, -0.2) is 25.3 Å². The van der Waals surface area contributed by atoms with E-state index in [1.807, 2.05) is 0 Å². The maximum absolute atomic E-state index is 5.84. The van der Waals surface area contributed by atoms with Gasteiger partial charge in [0.05, 0.1) is 0 Å². The second-order valence-electron chi connectivity index (χ2n) is 6.99. The maximum Gasteiger partial charge on any atom is 0.0499 e. The molecule has 0 aromatic rings. The number of rotatable bonds is 8. The van der Waals surface area contributed by atoms with E-state index in [4.69, 9.17) is 4.74 Å². The Balaban J connectivity index is 1.90. The van der Waals surface area contributed by atoms with E-state index in [0.717, 1.165) is 31.6 Å². The molecule has 1 aliphatic carbocycles. The molecule has 2 unspecified atom stereocenters. The molecule has 0 saturated heterocycles. The van der Waals surface area contributed by atoms with E-state index in [9.17, 15) is 0 Å². The van der Waals surface area contributed by atoms with Gasteiger partial charge in [0.15, 0.2) is 0 Å². The Morgan fingerprint density at radius 3 is 2.53 bits per heavy atom. The fraction of sp³-hybridized carbons (Fsp3) is 0.882. The SMILES string of the molecule is CC1CC=CCC1COCCCCCNC(C)(C)C. The molecule has 2 nitrogen and oxygen atoms in total. The van der Waals surface area contributed by atoms with Gasteiger partial charge in [-0.25, -0.2) is 0 Å². The molecule has 0 aliphatic heterocycles. The van der Waals surface area contributed by atoms with E-state index in [1.165, 1.54) is 32.1 Å². The third kappa shape index (κ3) is 8.43. The lowest BCUT2D eigenvalue weighted by Crippen LogP contribution is -2.36. The standard InChI is InChI=1S/C17H33NO/c1-15-10-6-7-11-16(15)14-19-13-9-5-8-12-18-17(2,3)4/h6-7,15-16,18H,5,8-14H2,1-4H3. The second-order valence-corrected chi connectivity index (χ2v) is 6.99. The summed E-state index contributed by atoms with van der Waals surface area (Å²) in [5, 5.41) is 3.52. The average molecular weight is 267 g/mol. The minimum absolute atomic E-state index is 0.251. The molecule has 0 amide bonds. The molecular weight excluding hydrogens is 234 g/mol. The summed E-state index contributed by atoms with van der Waals surface area (Å²) >= 11 is 0. The lowest BCUT2D eigenvalue weighted by Gasteiger charge is -2.24. The van der Waals surface area contributed by atoms with Gasteiger partial charge in [-0.2, -0.15) is 0 Å². The summed E-state index contributed by atoms with van der Waals surface area (Å²) in [5.74, 6) is 1.54. The van der Waals surface area contributed by atoms with Crippen LogP contribution in [0.1, 0.15) is 59.8 Å². The van der Waals surface area contributed by atoms with E-state index in [0.29, 0.717) is 0 Å². The molecule has 0 fully saturated rings. The largest absolute Gasteiger partial charge is 0.381 e. The van der Waals surface area contributed by atoms with Crippen LogP contribution in [0.4, 0.5) is 0 Å². The number of nitrogens with one attached hydrogen (secondary N) is 1. The molecule has 2 atom stereocenters. The fourth-order valence-corrected chi connectivity index (χ4v) is 2.44. The number of unbranched alkanes of at least 4 members (excludes halogenated alkanes) is 2. The molecule has 0 aromatic carbocycles. The Morgan fingerprint density at radius 1 is 1.11 bits per heavy atom. The van der Waals surface area contributed by atoms with Gasteiger partial charge in [-0.15, -0.1) is 0 Å². The highest BCUT2D eigenvalue weighted by Gasteiger charge is 2.17. The normalized spacial score (nSPS) is 23.8. The third-order valence-corrected chi connectivity index (χ3v) is 3.87. The molecule has 0 spiro atoms. The quantitative estimate of drug-likeness (QED) is 0.526. The van der Waals surface area contributed by atoms with Gasteiger partial charge in [0, 0.05) is 18.8 Å².